The van der Waals surface area contributed by atoms with Gasteiger partial charge >= 0.3 is 6.09 Å². The van der Waals surface area contributed by atoms with Crippen LogP contribution in [-0.4, -0.2) is 77.8 Å². The number of carbonyl (C=O) groups excluding carboxylic acids is 3. The van der Waals surface area contributed by atoms with Gasteiger partial charge in [0.2, 0.25) is 11.8 Å². The van der Waals surface area contributed by atoms with Crippen molar-refractivity contribution in [1.82, 2.24) is 20.6 Å². The highest BCUT2D eigenvalue weighted by Crippen LogP contribution is 2.26. The first kappa shape index (κ1) is 21.3. The predicted octanol–water partition coefficient (Wildman–Crippen LogP) is 0.997. The first-order valence-corrected chi connectivity index (χ1v) is 10.7. The van der Waals surface area contributed by atoms with Crippen LogP contribution in [0.15, 0.2) is 36.4 Å². The highest BCUT2D eigenvalue weighted by molar-refractivity contribution is 5.90. The van der Waals surface area contributed by atoms with E-state index < -0.39 is 30.1 Å². The summed E-state index contributed by atoms with van der Waals surface area (Å²) in [6, 6.07) is 9.27. The highest BCUT2D eigenvalue weighted by Gasteiger charge is 2.42. The van der Waals surface area contributed by atoms with Crippen molar-refractivity contribution >= 4 is 23.5 Å². The van der Waals surface area contributed by atoms with Gasteiger partial charge < -0.3 is 19.9 Å². The molecule has 3 aliphatic rings. The number of rotatable bonds is 4. The van der Waals surface area contributed by atoms with Crippen LogP contribution in [0.1, 0.15) is 24.8 Å². The number of hydrogen-bond acceptors (Lipinski definition) is 6. The maximum absolute atomic E-state index is 13.2. The summed E-state index contributed by atoms with van der Waals surface area (Å²) < 4.78 is 5.49. The summed E-state index contributed by atoms with van der Waals surface area (Å²) in [5.41, 5.74) is 4.00. The third-order valence-corrected chi connectivity index (χ3v) is 6.24. The largest absolute Gasteiger partial charge is 0.445 e. The van der Waals surface area contributed by atoms with Crippen LogP contribution in [0.4, 0.5) is 4.79 Å². The van der Waals surface area contributed by atoms with Crippen LogP contribution in [0.3, 0.4) is 0 Å². The Morgan fingerprint density at radius 3 is 2.48 bits per heavy atom. The first-order valence-electron chi connectivity index (χ1n) is 10.7. The summed E-state index contributed by atoms with van der Waals surface area (Å²) in [6.45, 7) is 2.65. The molecule has 0 saturated carbocycles. The molecule has 0 bridgehead atoms. The van der Waals surface area contributed by atoms with Gasteiger partial charge in [0.1, 0.15) is 6.10 Å². The minimum absolute atomic E-state index is 0.175. The standard InChI is InChI=1S/C22H28N4O5/c27-20(24-30)18-13-17(31-22(29)26-9-4-10-26)14-23-19(18)21(28)25-11-7-16(8-12-25)15-5-2-1-3-6-15/h1-3,5-7,17-19,23,30H,4,8-14H2,(H,24,27)/t17-,18-,19-/m0/s1. The molecule has 3 heterocycles. The second kappa shape index (κ2) is 9.49. The van der Waals surface area contributed by atoms with E-state index in [4.69, 9.17) is 4.74 Å². The van der Waals surface area contributed by atoms with Crippen molar-refractivity contribution in [3.63, 3.8) is 0 Å². The minimum Gasteiger partial charge on any atom is -0.445 e. The number of nitrogens with zero attached hydrogens (tertiary/aromatic N) is 2. The van der Waals surface area contributed by atoms with E-state index in [1.807, 2.05) is 24.3 Å². The number of benzene rings is 1. The van der Waals surface area contributed by atoms with E-state index in [0.717, 1.165) is 18.4 Å². The Kier molecular flexibility index (Phi) is 6.53. The lowest BCUT2D eigenvalue weighted by molar-refractivity contribution is -0.145. The summed E-state index contributed by atoms with van der Waals surface area (Å²) in [5.74, 6) is -1.68. The SMILES string of the molecule is O=C(NO)[C@H]1C[C@H](OC(=O)N2CCC2)CN[C@@H]1C(=O)N1CC=C(c2ccccc2)CC1. The molecule has 2 saturated heterocycles. The van der Waals surface area contributed by atoms with Gasteiger partial charge in [0.05, 0.1) is 12.0 Å². The molecule has 0 radical (unpaired) electrons. The van der Waals surface area contributed by atoms with Gasteiger partial charge in [0, 0.05) is 32.7 Å². The molecule has 31 heavy (non-hydrogen) atoms. The fraction of sp³-hybridized carbons (Fsp3) is 0.500. The molecule has 3 N–H and O–H groups in total. The third kappa shape index (κ3) is 4.72. The zero-order valence-corrected chi connectivity index (χ0v) is 17.3. The van der Waals surface area contributed by atoms with Gasteiger partial charge in [-0.1, -0.05) is 36.4 Å². The fourth-order valence-corrected chi connectivity index (χ4v) is 4.29. The van der Waals surface area contributed by atoms with E-state index in [-0.39, 0.29) is 18.9 Å². The van der Waals surface area contributed by atoms with Crippen LogP contribution in [0, 0.1) is 5.92 Å². The summed E-state index contributed by atoms with van der Waals surface area (Å²) in [5, 5.41) is 12.3. The Morgan fingerprint density at radius 2 is 1.87 bits per heavy atom. The first-order chi connectivity index (χ1) is 15.1. The molecule has 9 nitrogen and oxygen atoms in total. The van der Waals surface area contributed by atoms with Crippen LogP contribution in [-0.2, 0) is 14.3 Å². The van der Waals surface area contributed by atoms with Gasteiger partial charge in [0.25, 0.3) is 0 Å². The molecule has 0 unspecified atom stereocenters. The molecular formula is C22H28N4O5. The maximum atomic E-state index is 13.2. The number of ether oxygens (including phenoxy) is 1. The molecule has 166 valence electrons. The molecule has 2 fully saturated rings. The second-order valence-electron chi connectivity index (χ2n) is 8.18. The number of hydrogen-bond donors (Lipinski definition) is 3. The minimum atomic E-state index is -0.833. The molecular weight excluding hydrogens is 400 g/mol. The number of likely N-dealkylation sites (tertiary alicyclic amines) is 1. The molecule has 0 spiro atoms. The van der Waals surface area contributed by atoms with E-state index in [1.54, 1.807) is 15.3 Å². The Balaban J connectivity index is 1.39. The molecule has 3 amide bonds. The zero-order chi connectivity index (χ0) is 21.8. The molecule has 4 rings (SSSR count). The smallest absolute Gasteiger partial charge is 0.410 e. The van der Waals surface area contributed by atoms with Crippen LogP contribution < -0.4 is 10.8 Å². The number of nitrogens with one attached hydrogen (secondary N) is 2. The van der Waals surface area contributed by atoms with Crippen molar-refractivity contribution in [2.24, 2.45) is 5.92 Å². The second-order valence-corrected chi connectivity index (χ2v) is 8.18. The van der Waals surface area contributed by atoms with E-state index in [9.17, 15) is 19.6 Å². The molecule has 0 aliphatic carbocycles. The third-order valence-electron chi connectivity index (χ3n) is 6.24. The van der Waals surface area contributed by atoms with Crippen LogP contribution in [0.5, 0.6) is 0 Å². The predicted molar refractivity (Wildman–Crippen MR) is 112 cm³/mol. The number of piperidine rings is 1. The summed E-state index contributed by atoms with van der Waals surface area (Å²) in [4.78, 5) is 40.9. The molecule has 1 aromatic rings. The van der Waals surface area contributed by atoms with Crippen molar-refractivity contribution < 1.29 is 24.3 Å². The normalized spacial score (nSPS) is 25.8. The lowest BCUT2D eigenvalue weighted by atomic mass is 9.87. The monoisotopic (exact) mass is 428 g/mol. The van der Waals surface area contributed by atoms with Gasteiger partial charge in [-0.15, -0.1) is 0 Å². The number of amides is 3. The van der Waals surface area contributed by atoms with E-state index in [0.29, 0.717) is 26.2 Å². The fourth-order valence-electron chi connectivity index (χ4n) is 4.29. The van der Waals surface area contributed by atoms with Gasteiger partial charge in [-0.3, -0.25) is 14.8 Å². The number of carbonyl (C=O) groups is 3. The summed E-state index contributed by atoms with van der Waals surface area (Å²) >= 11 is 0. The number of hydroxylamine groups is 1. The molecule has 3 aliphatic heterocycles. The average molecular weight is 428 g/mol. The summed E-state index contributed by atoms with van der Waals surface area (Å²) in [6.07, 6.45) is 2.97. The average Bonchev–Trinajstić information content (AvgIpc) is 2.77. The lowest BCUT2D eigenvalue weighted by Crippen LogP contribution is -2.60. The van der Waals surface area contributed by atoms with E-state index in [1.165, 1.54) is 5.57 Å². The van der Waals surface area contributed by atoms with Crippen LogP contribution in [0.25, 0.3) is 5.57 Å². The Bertz CT molecular complexity index is 855. The molecule has 3 atom stereocenters. The van der Waals surface area contributed by atoms with Gasteiger partial charge in [-0.25, -0.2) is 10.3 Å². The molecule has 1 aromatic carbocycles. The Hall–Kier alpha value is -2.91. The van der Waals surface area contributed by atoms with Crippen molar-refractivity contribution in [3.05, 3.63) is 42.0 Å². The Morgan fingerprint density at radius 1 is 1.10 bits per heavy atom. The zero-order valence-electron chi connectivity index (χ0n) is 17.3. The molecule has 9 heteroatoms. The quantitative estimate of drug-likeness (QED) is 0.487. The van der Waals surface area contributed by atoms with Crippen molar-refractivity contribution in [1.29, 1.82) is 0 Å². The maximum Gasteiger partial charge on any atom is 0.410 e. The topological polar surface area (TPSA) is 111 Å². The van der Waals surface area contributed by atoms with Gasteiger partial charge in [-0.05, 0) is 30.4 Å². The van der Waals surface area contributed by atoms with E-state index in [2.05, 4.69) is 17.4 Å². The summed E-state index contributed by atoms with van der Waals surface area (Å²) in [7, 11) is 0. The Labute approximate surface area is 181 Å². The van der Waals surface area contributed by atoms with Gasteiger partial charge in [-0.2, -0.15) is 0 Å². The van der Waals surface area contributed by atoms with Crippen LogP contribution in [0.2, 0.25) is 0 Å². The van der Waals surface area contributed by atoms with Crippen molar-refractivity contribution in [2.75, 3.05) is 32.7 Å². The van der Waals surface area contributed by atoms with E-state index >= 15 is 0 Å². The lowest BCUT2D eigenvalue weighted by Gasteiger charge is -2.39. The van der Waals surface area contributed by atoms with Gasteiger partial charge in [0.15, 0.2) is 0 Å². The highest BCUT2D eigenvalue weighted by atomic mass is 16.6. The van der Waals surface area contributed by atoms with Crippen LogP contribution >= 0.6 is 0 Å². The van der Waals surface area contributed by atoms with Crippen molar-refractivity contribution in [2.45, 2.75) is 31.4 Å². The van der Waals surface area contributed by atoms with Crippen molar-refractivity contribution in [3.8, 4) is 0 Å². The molecule has 0 aromatic heterocycles.